The molecule has 0 unspecified atom stereocenters. The van der Waals surface area contributed by atoms with Crippen molar-refractivity contribution in [2.75, 3.05) is 10.6 Å². The van der Waals surface area contributed by atoms with E-state index in [4.69, 9.17) is 16.7 Å². The number of carbonyl (C=O) groups is 2. The highest BCUT2D eigenvalue weighted by Gasteiger charge is 2.16. The first-order chi connectivity index (χ1) is 15.4. The van der Waals surface area contributed by atoms with Crippen molar-refractivity contribution in [3.8, 4) is 22.8 Å². The molecule has 3 N–H and O–H groups in total. The topological polar surface area (TPSA) is 148 Å². The van der Waals surface area contributed by atoms with Crippen LogP contribution in [0.15, 0.2) is 55.0 Å². The van der Waals surface area contributed by atoms with Crippen LogP contribution in [0, 0.1) is 0 Å². The number of aryl methyl sites for hydroxylation is 1. The third-order valence-electron chi connectivity index (χ3n) is 4.31. The quantitative estimate of drug-likeness (QED) is 0.419. The average Bonchev–Trinajstić information content (AvgIpc) is 3.14. The number of benzene rings is 1. The van der Waals surface area contributed by atoms with E-state index in [1.54, 1.807) is 37.4 Å². The van der Waals surface area contributed by atoms with E-state index in [9.17, 15) is 9.59 Å². The van der Waals surface area contributed by atoms with Gasteiger partial charge < -0.3 is 10.4 Å². The van der Waals surface area contributed by atoms with Crippen LogP contribution in [-0.4, -0.2) is 47.1 Å². The van der Waals surface area contributed by atoms with Crippen molar-refractivity contribution in [3.05, 3.63) is 65.6 Å². The minimum Gasteiger partial charge on any atom is -0.465 e. The number of rotatable bonds is 5. The van der Waals surface area contributed by atoms with E-state index in [2.05, 4.69) is 35.9 Å². The second kappa shape index (κ2) is 8.78. The molecule has 4 aromatic rings. The standard InChI is InChI=1S/C20H15ClN8O3/c1-29-18(26-20(31)32)16(27-28-29)15-6-5-14(10-22-15)25-19(30)12-8-23-17(24-9-12)11-3-2-4-13(21)7-11/h2-10,26H,1H3,(H,25,30)(H,31,32). The molecule has 3 heterocycles. The molecular weight excluding hydrogens is 436 g/mol. The van der Waals surface area contributed by atoms with Crippen LogP contribution in [-0.2, 0) is 7.05 Å². The monoisotopic (exact) mass is 450 g/mol. The second-order valence-corrected chi connectivity index (χ2v) is 6.97. The summed E-state index contributed by atoms with van der Waals surface area (Å²) in [4.78, 5) is 36.2. The summed E-state index contributed by atoms with van der Waals surface area (Å²) in [7, 11) is 1.55. The van der Waals surface area contributed by atoms with Gasteiger partial charge in [-0.25, -0.2) is 19.4 Å². The van der Waals surface area contributed by atoms with Crippen molar-refractivity contribution < 1.29 is 14.7 Å². The van der Waals surface area contributed by atoms with Crippen LogP contribution in [0.2, 0.25) is 5.02 Å². The van der Waals surface area contributed by atoms with Gasteiger partial charge in [-0.1, -0.05) is 28.9 Å². The molecule has 0 fully saturated rings. The Morgan fingerprint density at radius 1 is 1.03 bits per heavy atom. The summed E-state index contributed by atoms with van der Waals surface area (Å²) in [6.45, 7) is 0. The molecule has 12 heteroatoms. The Bertz CT molecular complexity index is 1290. The average molecular weight is 451 g/mol. The van der Waals surface area contributed by atoms with Gasteiger partial charge in [-0.05, 0) is 24.3 Å². The minimum atomic E-state index is -1.25. The molecule has 0 aliphatic heterocycles. The predicted molar refractivity (Wildman–Crippen MR) is 116 cm³/mol. The summed E-state index contributed by atoms with van der Waals surface area (Å²) in [6.07, 6.45) is 3.02. The first-order valence-corrected chi connectivity index (χ1v) is 9.54. The van der Waals surface area contributed by atoms with Crippen molar-refractivity contribution in [1.82, 2.24) is 29.9 Å². The van der Waals surface area contributed by atoms with Crippen LogP contribution < -0.4 is 10.6 Å². The van der Waals surface area contributed by atoms with Crippen LogP contribution in [0.25, 0.3) is 22.8 Å². The number of nitrogens with zero attached hydrogens (tertiary/aromatic N) is 6. The molecule has 0 aliphatic carbocycles. The van der Waals surface area contributed by atoms with Gasteiger partial charge in [-0.3, -0.25) is 15.1 Å². The molecule has 0 radical (unpaired) electrons. The molecule has 2 amide bonds. The molecule has 160 valence electrons. The lowest BCUT2D eigenvalue weighted by atomic mass is 10.2. The zero-order chi connectivity index (χ0) is 22.7. The number of anilines is 2. The number of halogens is 1. The normalized spacial score (nSPS) is 10.6. The zero-order valence-electron chi connectivity index (χ0n) is 16.5. The van der Waals surface area contributed by atoms with Crippen molar-refractivity contribution in [1.29, 1.82) is 0 Å². The maximum Gasteiger partial charge on any atom is 0.410 e. The highest BCUT2D eigenvalue weighted by Crippen LogP contribution is 2.24. The van der Waals surface area contributed by atoms with Crippen molar-refractivity contribution in [2.45, 2.75) is 0 Å². The Morgan fingerprint density at radius 3 is 2.47 bits per heavy atom. The van der Waals surface area contributed by atoms with E-state index in [1.165, 1.54) is 23.3 Å². The number of aromatic nitrogens is 6. The van der Waals surface area contributed by atoms with Gasteiger partial charge in [0.15, 0.2) is 17.3 Å². The van der Waals surface area contributed by atoms with Crippen LogP contribution in [0.1, 0.15) is 10.4 Å². The van der Waals surface area contributed by atoms with Gasteiger partial charge in [0.05, 0.1) is 23.1 Å². The van der Waals surface area contributed by atoms with Crippen molar-refractivity contribution >= 4 is 35.1 Å². The van der Waals surface area contributed by atoms with Gasteiger partial charge >= 0.3 is 6.09 Å². The Balaban J connectivity index is 1.47. The Morgan fingerprint density at radius 2 is 1.81 bits per heavy atom. The summed E-state index contributed by atoms with van der Waals surface area (Å²) in [6, 6.07) is 10.3. The number of pyridine rings is 1. The summed E-state index contributed by atoms with van der Waals surface area (Å²) in [5.74, 6) is 0.216. The van der Waals surface area contributed by atoms with Crippen LogP contribution in [0.5, 0.6) is 0 Å². The van der Waals surface area contributed by atoms with E-state index < -0.39 is 12.0 Å². The third-order valence-corrected chi connectivity index (χ3v) is 4.55. The number of nitrogens with one attached hydrogen (secondary N) is 2. The fourth-order valence-electron chi connectivity index (χ4n) is 2.80. The van der Waals surface area contributed by atoms with E-state index in [1.807, 2.05) is 6.07 Å². The van der Waals surface area contributed by atoms with Crippen LogP contribution in [0.4, 0.5) is 16.3 Å². The van der Waals surface area contributed by atoms with E-state index in [-0.39, 0.29) is 17.1 Å². The molecule has 1 aromatic carbocycles. The Hall–Kier alpha value is -4.38. The van der Waals surface area contributed by atoms with Gasteiger partial charge in [-0.2, -0.15) is 0 Å². The molecule has 0 spiro atoms. The summed E-state index contributed by atoms with van der Waals surface area (Å²) < 4.78 is 1.29. The zero-order valence-corrected chi connectivity index (χ0v) is 17.3. The molecule has 4 rings (SSSR count). The molecule has 32 heavy (non-hydrogen) atoms. The maximum atomic E-state index is 12.5. The summed E-state index contributed by atoms with van der Waals surface area (Å²) in [5.41, 5.74) is 2.08. The molecule has 0 saturated carbocycles. The van der Waals surface area contributed by atoms with Crippen LogP contribution in [0.3, 0.4) is 0 Å². The fraction of sp³-hybridized carbons (Fsp3) is 0.0500. The predicted octanol–water partition coefficient (Wildman–Crippen LogP) is 3.33. The number of hydrogen-bond acceptors (Lipinski definition) is 7. The summed E-state index contributed by atoms with van der Waals surface area (Å²) >= 11 is 5.99. The van der Waals surface area contributed by atoms with E-state index >= 15 is 0 Å². The third kappa shape index (κ3) is 4.52. The molecule has 0 atom stereocenters. The van der Waals surface area contributed by atoms with Gasteiger partial charge in [0.25, 0.3) is 5.91 Å². The van der Waals surface area contributed by atoms with Gasteiger partial charge in [0.2, 0.25) is 0 Å². The molecule has 0 bridgehead atoms. The fourth-order valence-corrected chi connectivity index (χ4v) is 2.99. The lowest BCUT2D eigenvalue weighted by molar-refractivity contribution is 0.102. The molecule has 0 aliphatic rings. The first kappa shape index (κ1) is 20.9. The Labute approximate surface area is 186 Å². The molecule has 3 aromatic heterocycles. The number of carboxylic acid groups (broad SMARTS) is 1. The van der Waals surface area contributed by atoms with Crippen LogP contribution >= 0.6 is 11.6 Å². The molecule has 11 nitrogen and oxygen atoms in total. The Kier molecular flexibility index (Phi) is 5.73. The highest BCUT2D eigenvalue weighted by molar-refractivity contribution is 6.30. The summed E-state index contributed by atoms with van der Waals surface area (Å²) in [5, 5.41) is 22.2. The molecule has 0 saturated heterocycles. The lowest BCUT2D eigenvalue weighted by Crippen LogP contribution is -2.13. The van der Waals surface area contributed by atoms with E-state index in [0.29, 0.717) is 22.2 Å². The van der Waals surface area contributed by atoms with Crippen molar-refractivity contribution in [2.24, 2.45) is 7.05 Å². The first-order valence-electron chi connectivity index (χ1n) is 9.16. The van der Waals surface area contributed by atoms with E-state index in [0.717, 1.165) is 5.56 Å². The maximum absolute atomic E-state index is 12.5. The minimum absolute atomic E-state index is 0.179. The van der Waals surface area contributed by atoms with Crippen molar-refractivity contribution in [3.63, 3.8) is 0 Å². The number of carbonyl (C=O) groups excluding carboxylic acids is 1. The lowest BCUT2D eigenvalue weighted by Gasteiger charge is -2.07. The molecular formula is C20H15ClN8O3. The number of hydrogen-bond donors (Lipinski definition) is 3. The van der Waals surface area contributed by atoms with Gasteiger partial charge in [-0.15, -0.1) is 5.10 Å². The number of amides is 2. The SMILES string of the molecule is Cn1nnc(-c2ccc(NC(=O)c3cnc(-c4cccc(Cl)c4)nc3)cn2)c1NC(=O)O. The van der Waals surface area contributed by atoms with Gasteiger partial charge in [0.1, 0.15) is 0 Å². The smallest absolute Gasteiger partial charge is 0.410 e. The largest absolute Gasteiger partial charge is 0.465 e. The van der Waals surface area contributed by atoms with Gasteiger partial charge in [0, 0.05) is 30.0 Å². The second-order valence-electron chi connectivity index (χ2n) is 6.53. The highest BCUT2D eigenvalue weighted by atomic mass is 35.5.